The number of benzene rings is 2. The van der Waals surface area contributed by atoms with Gasteiger partial charge in [-0.25, -0.2) is 0 Å². The van der Waals surface area contributed by atoms with Gasteiger partial charge in [-0.05, 0) is 48.1 Å². The molecule has 1 N–H and O–H groups in total. The van der Waals surface area contributed by atoms with Crippen molar-refractivity contribution in [3.05, 3.63) is 65.2 Å². The number of hydrogen-bond donors (Lipinski definition) is 1. The molecule has 0 bridgehead atoms. The van der Waals surface area contributed by atoms with Gasteiger partial charge in [-0.2, -0.15) is 0 Å². The molecule has 2 amide bonds. The molecule has 0 saturated heterocycles. The van der Waals surface area contributed by atoms with Gasteiger partial charge >= 0.3 is 0 Å². The molecule has 0 saturated carbocycles. The van der Waals surface area contributed by atoms with Gasteiger partial charge in [0.05, 0.1) is 7.11 Å². The first kappa shape index (κ1) is 22.5. The lowest BCUT2D eigenvalue weighted by atomic mass is 10.00. The second-order valence-electron chi connectivity index (χ2n) is 7.56. The molecular weight excluding hydrogens is 364 g/mol. The Morgan fingerprint density at radius 3 is 2.31 bits per heavy atom. The molecule has 2 aromatic rings. The second-order valence-corrected chi connectivity index (χ2v) is 7.56. The Labute approximate surface area is 174 Å². The summed E-state index contributed by atoms with van der Waals surface area (Å²) in [5, 5.41) is 2.64. The molecular formula is C24H32N2O3. The number of carbonyl (C=O) groups excluding carboxylic acids is 2. The minimum absolute atomic E-state index is 0.0446. The number of likely N-dealkylation sites (N-methyl/N-ethyl adjacent to an activating group) is 1. The van der Waals surface area contributed by atoms with Gasteiger partial charge < -0.3 is 15.0 Å². The number of rotatable bonds is 9. The van der Waals surface area contributed by atoms with Crippen molar-refractivity contribution in [2.45, 2.75) is 52.1 Å². The standard InChI is InChI=1S/C24H32N2O3/c1-17(2)21-12-9-19(10-13-21)11-14-23(27)26(18(3)24(28)25-4)16-20-7-6-8-22(15-20)29-5/h6-10,12-13,15,17-18H,11,14,16H2,1-5H3,(H,25,28)/t18-/m1/s1. The van der Waals surface area contributed by atoms with Gasteiger partial charge in [0.1, 0.15) is 11.8 Å². The van der Waals surface area contributed by atoms with E-state index in [0.29, 0.717) is 25.3 Å². The van der Waals surface area contributed by atoms with E-state index in [4.69, 9.17) is 4.74 Å². The summed E-state index contributed by atoms with van der Waals surface area (Å²) in [5.74, 6) is 0.990. The van der Waals surface area contributed by atoms with Gasteiger partial charge in [0.15, 0.2) is 0 Å². The van der Waals surface area contributed by atoms with E-state index >= 15 is 0 Å². The molecule has 0 aliphatic carbocycles. The van der Waals surface area contributed by atoms with E-state index in [1.807, 2.05) is 24.3 Å². The third-order valence-electron chi connectivity index (χ3n) is 5.17. The van der Waals surface area contributed by atoms with Gasteiger partial charge in [0.2, 0.25) is 11.8 Å². The van der Waals surface area contributed by atoms with Crippen molar-refractivity contribution in [1.82, 2.24) is 10.2 Å². The molecule has 0 aliphatic rings. The van der Waals surface area contributed by atoms with Crippen molar-refractivity contribution in [3.63, 3.8) is 0 Å². The van der Waals surface area contributed by atoms with E-state index in [1.165, 1.54) is 5.56 Å². The summed E-state index contributed by atoms with van der Waals surface area (Å²) < 4.78 is 5.27. The number of nitrogens with one attached hydrogen (secondary N) is 1. The summed E-state index contributed by atoms with van der Waals surface area (Å²) >= 11 is 0. The van der Waals surface area contributed by atoms with E-state index in [-0.39, 0.29) is 11.8 Å². The first-order valence-corrected chi connectivity index (χ1v) is 10.1. The zero-order chi connectivity index (χ0) is 21.4. The molecule has 0 fully saturated rings. The number of amides is 2. The maximum Gasteiger partial charge on any atom is 0.242 e. The van der Waals surface area contributed by atoms with Crippen molar-refractivity contribution in [3.8, 4) is 5.75 Å². The molecule has 5 heteroatoms. The molecule has 2 aromatic carbocycles. The number of methoxy groups -OCH3 is 1. The molecule has 1 atom stereocenters. The SMILES string of the molecule is CNC(=O)[C@@H](C)N(Cc1cccc(OC)c1)C(=O)CCc1ccc(C(C)C)cc1. The highest BCUT2D eigenvalue weighted by Gasteiger charge is 2.25. The van der Waals surface area contributed by atoms with Crippen LogP contribution in [0, 0.1) is 0 Å². The van der Waals surface area contributed by atoms with E-state index in [2.05, 4.69) is 43.4 Å². The van der Waals surface area contributed by atoms with Crippen LogP contribution in [0.5, 0.6) is 5.75 Å². The van der Waals surface area contributed by atoms with Crippen LogP contribution in [0.4, 0.5) is 0 Å². The smallest absolute Gasteiger partial charge is 0.242 e. The summed E-state index contributed by atoms with van der Waals surface area (Å²) in [4.78, 5) is 26.9. The molecule has 156 valence electrons. The highest BCUT2D eigenvalue weighted by Crippen LogP contribution is 2.18. The van der Waals surface area contributed by atoms with Gasteiger partial charge in [-0.15, -0.1) is 0 Å². The van der Waals surface area contributed by atoms with Crippen LogP contribution in [0.1, 0.15) is 49.8 Å². The zero-order valence-electron chi connectivity index (χ0n) is 18.1. The summed E-state index contributed by atoms with van der Waals surface area (Å²) in [6, 6.07) is 15.4. The van der Waals surface area contributed by atoms with Crippen LogP contribution in [-0.2, 0) is 22.6 Å². The Morgan fingerprint density at radius 2 is 1.72 bits per heavy atom. The number of hydrogen-bond acceptors (Lipinski definition) is 3. The average molecular weight is 397 g/mol. The fraction of sp³-hybridized carbons (Fsp3) is 0.417. The van der Waals surface area contributed by atoms with Gasteiger partial charge in [0.25, 0.3) is 0 Å². The molecule has 0 aliphatic heterocycles. The zero-order valence-corrected chi connectivity index (χ0v) is 18.1. The quantitative estimate of drug-likeness (QED) is 0.699. The highest BCUT2D eigenvalue weighted by atomic mass is 16.5. The van der Waals surface area contributed by atoms with Gasteiger partial charge in [-0.1, -0.05) is 50.2 Å². The van der Waals surface area contributed by atoms with E-state index < -0.39 is 6.04 Å². The van der Waals surface area contributed by atoms with Crippen LogP contribution < -0.4 is 10.1 Å². The molecule has 0 heterocycles. The lowest BCUT2D eigenvalue weighted by Gasteiger charge is -2.28. The summed E-state index contributed by atoms with van der Waals surface area (Å²) in [6.07, 6.45) is 0.999. The van der Waals surface area contributed by atoms with Crippen LogP contribution in [0.3, 0.4) is 0 Å². The van der Waals surface area contributed by atoms with Crippen molar-refractivity contribution < 1.29 is 14.3 Å². The average Bonchev–Trinajstić information content (AvgIpc) is 2.75. The molecule has 29 heavy (non-hydrogen) atoms. The molecule has 5 nitrogen and oxygen atoms in total. The first-order valence-electron chi connectivity index (χ1n) is 10.1. The Bertz CT molecular complexity index is 815. The van der Waals surface area contributed by atoms with E-state index in [1.54, 1.807) is 26.0 Å². The monoisotopic (exact) mass is 396 g/mol. The normalized spacial score (nSPS) is 11.8. The third-order valence-corrected chi connectivity index (χ3v) is 5.17. The molecule has 0 aromatic heterocycles. The van der Waals surface area contributed by atoms with Crippen LogP contribution in [0.15, 0.2) is 48.5 Å². The van der Waals surface area contributed by atoms with Gasteiger partial charge in [0, 0.05) is 20.0 Å². The Morgan fingerprint density at radius 1 is 1.03 bits per heavy atom. The number of ether oxygens (including phenoxy) is 1. The van der Waals surface area contributed by atoms with Crippen molar-refractivity contribution in [1.29, 1.82) is 0 Å². The maximum atomic E-state index is 13.0. The number of aryl methyl sites for hydroxylation is 1. The maximum absolute atomic E-state index is 13.0. The summed E-state index contributed by atoms with van der Waals surface area (Å²) in [7, 11) is 3.20. The fourth-order valence-corrected chi connectivity index (χ4v) is 3.22. The molecule has 0 radical (unpaired) electrons. The van der Waals surface area contributed by atoms with Crippen LogP contribution in [0.2, 0.25) is 0 Å². The molecule has 0 spiro atoms. The fourth-order valence-electron chi connectivity index (χ4n) is 3.22. The van der Waals surface area contributed by atoms with Crippen molar-refractivity contribution in [2.75, 3.05) is 14.2 Å². The van der Waals surface area contributed by atoms with Crippen LogP contribution in [-0.4, -0.2) is 36.9 Å². The highest BCUT2D eigenvalue weighted by molar-refractivity contribution is 5.87. The molecule has 2 rings (SSSR count). The largest absolute Gasteiger partial charge is 0.497 e. The minimum Gasteiger partial charge on any atom is -0.497 e. The topological polar surface area (TPSA) is 58.6 Å². The first-order chi connectivity index (χ1) is 13.8. The van der Waals surface area contributed by atoms with Crippen molar-refractivity contribution >= 4 is 11.8 Å². The predicted octanol–water partition coefficient (Wildman–Crippen LogP) is 3.91. The van der Waals surface area contributed by atoms with E-state index in [0.717, 1.165) is 16.9 Å². The number of nitrogens with zero attached hydrogens (tertiary/aromatic N) is 1. The van der Waals surface area contributed by atoms with E-state index in [9.17, 15) is 9.59 Å². The molecule has 0 unspecified atom stereocenters. The summed E-state index contributed by atoms with van der Waals surface area (Å²) in [5.41, 5.74) is 3.33. The Hall–Kier alpha value is -2.82. The third kappa shape index (κ3) is 6.34. The van der Waals surface area contributed by atoms with Gasteiger partial charge in [-0.3, -0.25) is 9.59 Å². The lowest BCUT2D eigenvalue weighted by Crippen LogP contribution is -2.46. The second kappa shape index (κ2) is 10.6. The minimum atomic E-state index is -0.554. The Balaban J connectivity index is 2.12. The lowest BCUT2D eigenvalue weighted by molar-refractivity contribution is -0.140. The summed E-state index contributed by atoms with van der Waals surface area (Å²) in [6.45, 7) is 6.44. The Kier molecular flexibility index (Phi) is 8.25. The predicted molar refractivity (Wildman–Crippen MR) is 116 cm³/mol. The van der Waals surface area contributed by atoms with Crippen LogP contribution in [0.25, 0.3) is 0 Å². The number of carbonyl (C=O) groups is 2. The van der Waals surface area contributed by atoms with Crippen molar-refractivity contribution in [2.24, 2.45) is 0 Å². The van der Waals surface area contributed by atoms with Crippen LogP contribution >= 0.6 is 0 Å².